The van der Waals surface area contributed by atoms with Gasteiger partial charge in [0.1, 0.15) is 0 Å². The van der Waals surface area contributed by atoms with Crippen LogP contribution in [0.15, 0.2) is 30.3 Å². The Balaban J connectivity index is 1.83. The van der Waals surface area contributed by atoms with Gasteiger partial charge < -0.3 is 10.6 Å². The molecule has 5 nitrogen and oxygen atoms in total. The standard InChI is InChI=1S/C20H26N4OS/c1-12-9-14(3)19(15(4)10-12)21-11-18(25)23-24-20(26)22-17-8-6-7-13(2)16(17)5/h6-10,21H,11H2,1-5H3,(H,23,25)(H2,22,24,26). The van der Waals surface area contributed by atoms with E-state index in [-0.39, 0.29) is 12.5 Å². The lowest BCUT2D eigenvalue weighted by atomic mass is 10.1. The Morgan fingerprint density at radius 2 is 1.62 bits per heavy atom. The molecule has 0 radical (unpaired) electrons. The molecule has 6 heteroatoms. The molecule has 26 heavy (non-hydrogen) atoms. The van der Waals surface area contributed by atoms with E-state index < -0.39 is 0 Å². The minimum atomic E-state index is -0.200. The Labute approximate surface area is 160 Å². The van der Waals surface area contributed by atoms with E-state index in [1.165, 1.54) is 11.1 Å². The molecule has 0 aliphatic rings. The highest BCUT2D eigenvalue weighted by atomic mass is 32.1. The second-order valence-electron chi connectivity index (χ2n) is 6.50. The summed E-state index contributed by atoms with van der Waals surface area (Å²) in [4.78, 5) is 12.1. The van der Waals surface area contributed by atoms with Crippen molar-refractivity contribution >= 4 is 34.6 Å². The van der Waals surface area contributed by atoms with Gasteiger partial charge in [-0.2, -0.15) is 0 Å². The summed E-state index contributed by atoms with van der Waals surface area (Å²) in [5, 5.41) is 6.61. The molecule has 0 aliphatic heterocycles. The largest absolute Gasteiger partial charge is 0.376 e. The van der Waals surface area contributed by atoms with Gasteiger partial charge in [0.15, 0.2) is 5.11 Å². The number of carbonyl (C=O) groups is 1. The van der Waals surface area contributed by atoms with Gasteiger partial charge in [0.25, 0.3) is 5.91 Å². The summed E-state index contributed by atoms with van der Waals surface area (Å²) in [5.74, 6) is -0.200. The lowest BCUT2D eigenvalue weighted by Crippen LogP contribution is -2.46. The van der Waals surface area contributed by atoms with Crippen LogP contribution in [0.25, 0.3) is 0 Å². The summed E-state index contributed by atoms with van der Waals surface area (Å²) >= 11 is 5.23. The smallest absolute Gasteiger partial charge is 0.257 e. The van der Waals surface area contributed by atoms with E-state index >= 15 is 0 Å². The minimum absolute atomic E-state index is 0.157. The van der Waals surface area contributed by atoms with Crippen LogP contribution < -0.4 is 21.5 Å². The van der Waals surface area contributed by atoms with Crippen molar-refractivity contribution in [2.75, 3.05) is 17.2 Å². The molecule has 0 unspecified atom stereocenters. The van der Waals surface area contributed by atoms with Crippen molar-refractivity contribution in [2.45, 2.75) is 34.6 Å². The van der Waals surface area contributed by atoms with Gasteiger partial charge in [0.2, 0.25) is 0 Å². The Kier molecular flexibility index (Phi) is 6.58. The summed E-state index contributed by atoms with van der Waals surface area (Å²) in [6.45, 7) is 10.3. The molecule has 138 valence electrons. The number of benzene rings is 2. The summed E-state index contributed by atoms with van der Waals surface area (Å²) in [6, 6.07) is 10.1. The second-order valence-corrected chi connectivity index (χ2v) is 6.91. The normalized spacial score (nSPS) is 10.2. The number of hydrogen-bond donors (Lipinski definition) is 4. The molecule has 0 saturated heterocycles. The first-order valence-corrected chi connectivity index (χ1v) is 8.92. The topological polar surface area (TPSA) is 65.2 Å². The fourth-order valence-corrected chi connectivity index (χ4v) is 3.00. The third kappa shape index (κ3) is 5.20. The zero-order valence-corrected chi connectivity index (χ0v) is 16.7. The van der Waals surface area contributed by atoms with E-state index in [0.717, 1.165) is 28.1 Å². The predicted octanol–water partition coefficient (Wildman–Crippen LogP) is 3.66. The highest BCUT2D eigenvalue weighted by Crippen LogP contribution is 2.21. The minimum Gasteiger partial charge on any atom is -0.376 e. The van der Waals surface area contributed by atoms with Gasteiger partial charge in [-0.3, -0.25) is 15.6 Å². The average Bonchev–Trinajstić information content (AvgIpc) is 2.56. The third-order valence-electron chi connectivity index (χ3n) is 4.27. The van der Waals surface area contributed by atoms with Crippen LogP contribution >= 0.6 is 12.2 Å². The van der Waals surface area contributed by atoms with Crippen molar-refractivity contribution in [1.82, 2.24) is 10.9 Å². The lowest BCUT2D eigenvalue weighted by Gasteiger charge is -2.16. The first-order chi connectivity index (χ1) is 12.3. The number of nitrogens with one attached hydrogen (secondary N) is 4. The van der Waals surface area contributed by atoms with Crippen LogP contribution in [0.4, 0.5) is 11.4 Å². The monoisotopic (exact) mass is 370 g/mol. The first kappa shape index (κ1) is 19.7. The fraction of sp³-hybridized carbons (Fsp3) is 0.300. The zero-order chi connectivity index (χ0) is 19.3. The summed E-state index contributed by atoms with van der Waals surface area (Å²) < 4.78 is 0. The molecule has 0 spiro atoms. The molecule has 0 aromatic heterocycles. The van der Waals surface area contributed by atoms with Crippen LogP contribution in [0, 0.1) is 34.6 Å². The maximum Gasteiger partial charge on any atom is 0.257 e. The van der Waals surface area contributed by atoms with Gasteiger partial charge in [0, 0.05) is 11.4 Å². The molecule has 2 aromatic carbocycles. The van der Waals surface area contributed by atoms with Gasteiger partial charge in [-0.1, -0.05) is 29.8 Å². The Morgan fingerprint density at radius 1 is 0.962 bits per heavy atom. The van der Waals surface area contributed by atoms with Crippen LogP contribution in [0.2, 0.25) is 0 Å². The predicted molar refractivity (Wildman–Crippen MR) is 113 cm³/mol. The Hall–Kier alpha value is -2.60. The number of anilines is 2. The molecule has 0 fully saturated rings. The van der Waals surface area contributed by atoms with Crippen molar-refractivity contribution in [1.29, 1.82) is 0 Å². The second kappa shape index (κ2) is 8.67. The van der Waals surface area contributed by atoms with Crippen molar-refractivity contribution in [2.24, 2.45) is 0 Å². The van der Waals surface area contributed by atoms with Gasteiger partial charge in [0.05, 0.1) is 6.54 Å². The van der Waals surface area contributed by atoms with Crippen LogP contribution in [0.3, 0.4) is 0 Å². The molecule has 0 aliphatic carbocycles. The van der Waals surface area contributed by atoms with Crippen molar-refractivity contribution in [3.05, 3.63) is 58.1 Å². The molecule has 2 aromatic rings. The average molecular weight is 371 g/mol. The van der Waals surface area contributed by atoms with Crippen LogP contribution in [0.1, 0.15) is 27.8 Å². The van der Waals surface area contributed by atoms with Crippen molar-refractivity contribution < 1.29 is 4.79 Å². The molecule has 0 bridgehead atoms. The van der Waals surface area contributed by atoms with Gasteiger partial charge in [-0.15, -0.1) is 0 Å². The number of rotatable bonds is 4. The number of hydrazine groups is 1. The number of aryl methyl sites for hydroxylation is 4. The molecule has 0 saturated carbocycles. The highest BCUT2D eigenvalue weighted by Gasteiger charge is 2.07. The zero-order valence-electron chi connectivity index (χ0n) is 15.9. The van der Waals surface area contributed by atoms with Crippen LogP contribution in [0.5, 0.6) is 0 Å². The van der Waals surface area contributed by atoms with Crippen molar-refractivity contribution in [3.63, 3.8) is 0 Å². The van der Waals surface area contributed by atoms with E-state index in [9.17, 15) is 4.79 Å². The number of thiocarbonyl (C=S) groups is 1. The molecular weight excluding hydrogens is 344 g/mol. The Morgan fingerprint density at radius 3 is 2.27 bits per heavy atom. The van der Waals surface area contributed by atoms with E-state index in [0.29, 0.717) is 5.11 Å². The highest BCUT2D eigenvalue weighted by molar-refractivity contribution is 7.80. The van der Waals surface area contributed by atoms with Gasteiger partial charge in [-0.25, -0.2) is 0 Å². The maximum atomic E-state index is 12.1. The van der Waals surface area contributed by atoms with E-state index in [1.54, 1.807) is 0 Å². The van der Waals surface area contributed by atoms with E-state index in [4.69, 9.17) is 12.2 Å². The van der Waals surface area contributed by atoms with Crippen molar-refractivity contribution in [3.8, 4) is 0 Å². The third-order valence-corrected chi connectivity index (χ3v) is 4.48. The summed E-state index contributed by atoms with van der Waals surface area (Å²) in [7, 11) is 0. The number of amides is 1. The molecule has 2 rings (SSSR count). The van der Waals surface area contributed by atoms with Gasteiger partial charge in [-0.05, 0) is 75.2 Å². The first-order valence-electron chi connectivity index (χ1n) is 8.51. The van der Waals surface area contributed by atoms with Crippen LogP contribution in [-0.4, -0.2) is 17.6 Å². The molecular formula is C20H26N4OS. The maximum absolute atomic E-state index is 12.1. The molecule has 1 amide bonds. The Bertz CT molecular complexity index is 810. The summed E-state index contributed by atoms with van der Waals surface area (Å²) in [5.41, 5.74) is 13.0. The SMILES string of the molecule is Cc1cc(C)c(NCC(=O)NNC(=S)Nc2cccc(C)c2C)c(C)c1. The number of hydrogen-bond acceptors (Lipinski definition) is 3. The number of carbonyl (C=O) groups excluding carboxylic acids is 1. The summed E-state index contributed by atoms with van der Waals surface area (Å²) in [6.07, 6.45) is 0. The van der Waals surface area contributed by atoms with E-state index in [1.807, 2.05) is 45.9 Å². The lowest BCUT2D eigenvalue weighted by molar-refractivity contribution is -0.119. The molecule has 4 N–H and O–H groups in total. The van der Waals surface area contributed by atoms with E-state index in [2.05, 4.69) is 40.5 Å². The fourth-order valence-electron chi connectivity index (χ4n) is 2.84. The van der Waals surface area contributed by atoms with Crippen LogP contribution in [-0.2, 0) is 4.79 Å². The van der Waals surface area contributed by atoms with Gasteiger partial charge >= 0.3 is 0 Å². The molecule has 0 heterocycles. The molecule has 0 atom stereocenters. The quantitative estimate of drug-likeness (QED) is 0.489.